The van der Waals surface area contributed by atoms with Gasteiger partial charge in [0.25, 0.3) is 0 Å². The molecule has 5 heteroatoms. The summed E-state index contributed by atoms with van der Waals surface area (Å²) in [5.74, 6) is 0.00159. The van der Waals surface area contributed by atoms with Crippen LogP contribution in [0.2, 0.25) is 0 Å². The fourth-order valence-corrected chi connectivity index (χ4v) is 3.07. The Bertz CT molecular complexity index is 722. The van der Waals surface area contributed by atoms with E-state index in [-0.39, 0.29) is 11.8 Å². The highest BCUT2D eigenvalue weighted by atomic mass is 16.2. The van der Waals surface area contributed by atoms with Gasteiger partial charge in [-0.25, -0.2) is 0 Å². The molecule has 1 aliphatic heterocycles. The van der Waals surface area contributed by atoms with E-state index in [1.54, 1.807) is 0 Å². The lowest BCUT2D eigenvalue weighted by molar-refractivity contribution is -0.131. The first kappa shape index (κ1) is 17.0. The van der Waals surface area contributed by atoms with Crippen molar-refractivity contribution in [2.75, 3.05) is 23.7 Å². The van der Waals surface area contributed by atoms with Gasteiger partial charge in [-0.1, -0.05) is 30.3 Å². The fourth-order valence-electron chi connectivity index (χ4n) is 3.07. The number of hydrogen-bond donors (Lipinski definition) is 2. The van der Waals surface area contributed by atoms with Gasteiger partial charge in [0.05, 0.1) is 0 Å². The molecule has 1 heterocycles. The molecule has 1 saturated heterocycles. The summed E-state index contributed by atoms with van der Waals surface area (Å²) in [4.78, 5) is 26.0. The first-order chi connectivity index (χ1) is 12.1. The largest absolute Gasteiger partial charge is 0.370 e. The third-order valence-corrected chi connectivity index (χ3v) is 4.31. The van der Waals surface area contributed by atoms with E-state index >= 15 is 0 Å². The Morgan fingerprint density at radius 3 is 2.12 bits per heavy atom. The van der Waals surface area contributed by atoms with Gasteiger partial charge in [-0.15, -0.1) is 0 Å². The van der Waals surface area contributed by atoms with Crippen LogP contribution in [-0.2, 0) is 9.59 Å². The molecule has 1 unspecified atom stereocenters. The van der Waals surface area contributed by atoms with E-state index < -0.39 is 6.04 Å². The molecule has 0 bridgehead atoms. The van der Waals surface area contributed by atoms with Gasteiger partial charge in [0.1, 0.15) is 6.04 Å². The number of rotatable bonds is 5. The number of amides is 2. The van der Waals surface area contributed by atoms with Crippen molar-refractivity contribution in [3.63, 3.8) is 0 Å². The SMILES string of the molecule is CC(=O)Nc1ccc(NC(C(=O)N2CCCC2)c2ccccc2)cc1. The van der Waals surface area contributed by atoms with Crippen molar-refractivity contribution in [3.8, 4) is 0 Å². The van der Waals surface area contributed by atoms with Crippen LogP contribution in [0.1, 0.15) is 31.4 Å². The molecule has 2 N–H and O–H groups in total. The van der Waals surface area contributed by atoms with Gasteiger partial charge in [0.2, 0.25) is 11.8 Å². The normalized spacial score (nSPS) is 14.8. The predicted molar refractivity (Wildman–Crippen MR) is 99.4 cm³/mol. The van der Waals surface area contributed by atoms with Crippen LogP contribution in [0.3, 0.4) is 0 Å². The standard InChI is InChI=1S/C20H23N3O2/c1-15(24)21-17-9-11-18(12-10-17)22-19(16-7-3-2-4-8-16)20(25)23-13-5-6-14-23/h2-4,7-12,19,22H,5-6,13-14H2,1H3,(H,21,24). The highest BCUT2D eigenvalue weighted by molar-refractivity contribution is 5.89. The Morgan fingerprint density at radius 2 is 1.52 bits per heavy atom. The maximum Gasteiger partial charge on any atom is 0.249 e. The van der Waals surface area contributed by atoms with E-state index in [0.29, 0.717) is 0 Å². The molecule has 0 saturated carbocycles. The minimum atomic E-state index is -0.411. The zero-order valence-corrected chi connectivity index (χ0v) is 14.4. The van der Waals surface area contributed by atoms with Crippen LogP contribution < -0.4 is 10.6 Å². The minimum absolute atomic E-state index is 0.105. The number of nitrogens with one attached hydrogen (secondary N) is 2. The van der Waals surface area contributed by atoms with E-state index in [4.69, 9.17) is 0 Å². The molecule has 1 fully saturated rings. The highest BCUT2D eigenvalue weighted by Crippen LogP contribution is 2.24. The van der Waals surface area contributed by atoms with E-state index in [0.717, 1.165) is 42.9 Å². The molecule has 5 nitrogen and oxygen atoms in total. The Kier molecular flexibility index (Phi) is 5.33. The lowest BCUT2D eigenvalue weighted by Gasteiger charge is -2.25. The van der Waals surface area contributed by atoms with Crippen molar-refractivity contribution >= 4 is 23.2 Å². The van der Waals surface area contributed by atoms with Crippen molar-refractivity contribution < 1.29 is 9.59 Å². The second-order valence-electron chi connectivity index (χ2n) is 6.28. The lowest BCUT2D eigenvalue weighted by Crippen LogP contribution is -2.36. The van der Waals surface area contributed by atoms with Crippen molar-refractivity contribution in [1.82, 2.24) is 4.90 Å². The van der Waals surface area contributed by atoms with Crippen LogP contribution >= 0.6 is 0 Å². The molecule has 1 aliphatic rings. The average molecular weight is 337 g/mol. The molecule has 2 aromatic rings. The molecular formula is C20H23N3O2. The van der Waals surface area contributed by atoms with Crippen LogP contribution in [0.4, 0.5) is 11.4 Å². The third-order valence-electron chi connectivity index (χ3n) is 4.31. The number of anilines is 2. The monoisotopic (exact) mass is 337 g/mol. The zero-order valence-electron chi connectivity index (χ0n) is 14.4. The first-order valence-electron chi connectivity index (χ1n) is 8.61. The molecule has 130 valence electrons. The van der Waals surface area contributed by atoms with Crippen molar-refractivity contribution in [2.45, 2.75) is 25.8 Å². The van der Waals surface area contributed by atoms with Crippen LogP contribution in [0, 0.1) is 0 Å². The Hall–Kier alpha value is -2.82. The smallest absolute Gasteiger partial charge is 0.249 e. The number of hydrogen-bond acceptors (Lipinski definition) is 3. The topological polar surface area (TPSA) is 61.4 Å². The summed E-state index contributed by atoms with van der Waals surface area (Å²) >= 11 is 0. The number of benzene rings is 2. The van der Waals surface area contributed by atoms with Crippen LogP contribution in [0.15, 0.2) is 54.6 Å². The number of carbonyl (C=O) groups excluding carboxylic acids is 2. The molecule has 25 heavy (non-hydrogen) atoms. The number of likely N-dealkylation sites (tertiary alicyclic amines) is 1. The highest BCUT2D eigenvalue weighted by Gasteiger charge is 2.27. The zero-order chi connectivity index (χ0) is 17.6. The number of nitrogens with zero attached hydrogens (tertiary/aromatic N) is 1. The van der Waals surface area contributed by atoms with Gasteiger partial charge in [-0.2, -0.15) is 0 Å². The van der Waals surface area contributed by atoms with Gasteiger partial charge in [-0.3, -0.25) is 9.59 Å². The Labute approximate surface area is 148 Å². The Balaban J connectivity index is 1.79. The van der Waals surface area contributed by atoms with Gasteiger partial charge in [-0.05, 0) is 42.7 Å². The third kappa shape index (κ3) is 4.38. The molecule has 0 aromatic heterocycles. The van der Waals surface area contributed by atoms with Gasteiger partial charge in [0.15, 0.2) is 0 Å². The maximum atomic E-state index is 13.0. The summed E-state index contributed by atoms with van der Waals surface area (Å²) in [6.45, 7) is 3.13. The molecule has 0 aliphatic carbocycles. The second kappa shape index (κ2) is 7.83. The molecular weight excluding hydrogens is 314 g/mol. The first-order valence-corrected chi connectivity index (χ1v) is 8.61. The van der Waals surface area contributed by atoms with Crippen molar-refractivity contribution in [3.05, 3.63) is 60.2 Å². The second-order valence-corrected chi connectivity index (χ2v) is 6.28. The molecule has 0 radical (unpaired) electrons. The summed E-state index contributed by atoms with van der Waals surface area (Å²) in [5, 5.41) is 6.09. The van der Waals surface area contributed by atoms with Gasteiger partial charge >= 0.3 is 0 Å². The van der Waals surface area contributed by atoms with Crippen LogP contribution in [-0.4, -0.2) is 29.8 Å². The van der Waals surface area contributed by atoms with Crippen molar-refractivity contribution in [2.24, 2.45) is 0 Å². The molecule has 2 amide bonds. The predicted octanol–water partition coefficient (Wildman–Crippen LogP) is 3.42. The van der Waals surface area contributed by atoms with E-state index in [2.05, 4.69) is 10.6 Å². The summed E-state index contributed by atoms with van der Waals surface area (Å²) in [6.07, 6.45) is 2.14. The summed E-state index contributed by atoms with van der Waals surface area (Å²) in [5.41, 5.74) is 2.53. The molecule has 0 spiro atoms. The van der Waals surface area contributed by atoms with Gasteiger partial charge in [0, 0.05) is 31.4 Å². The van der Waals surface area contributed by atoms with Crippen LogP contribution in [0.25, 0.3) is 0 Å². The molecule has 3 rings (SSSR count). The van der Waals surface area contributed by atoms with Gasteiger partial charge < -0.3 is 15.5 Å². The van der Waals surface area contributed by atoms with E-state index in [1.807, 2.05) is 59.5 Å². The fraction of sp³-hybridized carbons (Fsp3) is 0.300. The quantitative estimate of drug-likeness (QED) is 0.879. The Morgan fingerprint density at radius 1 is 0.920 bits per heavy atom. The molecule has 2 aromatic carbocycles. The van der Waals surface area contributed by atoms with E-state index in [9.17, 15) is 9.59 Å². The molecule has 1 atom stereocenters. The minimum Gasteiger partial charge on any atom is -0.370 e. The summed E-state index contributed by atoms with van der Waals surface area (Å²) < 4.78 is 0. The lowest BCUT2D eigenvalue weighted by atomic mass is 10.0. The van der Waals surface area contributed by atoms with Crippen molar-refractivity contribution in [1.29, 1.82) is 0 Å². The maximum absolute atomic E-state index is 13.0. The van der Waals surface area contributed by atoms with E-state index in [1.165, 1.54) is 6.92 Å². The average Bonchev–Trinajstić information content (AvgIpc) is 3.15. The number of carbonyl (C=O) groups is 2. The summed E-state index contributed by atoms with van der Waals surface area (Å²) in [7, 11) is 0. The van der Waals surface area contributed by atoms with Crippen LogP contribution in [0.5, 0.6) is 0 Å². The summed E-state index contributed by atoms with van der Waals surface area (Å²) in [6, 6.07) is 16.8.